The van der Waals surface area contributed by atoms with E-state index in [9.17, 15) is 0 Å². The predicted molar refractivity (Wildman–Crippen MR) is 68.8 cm³/mol. The van der Waals surface area contributed by atoms with Crippen LogP contribution >= 0.6 is 11.6 Å². The summed E-state index contributed by atoms with van der Waals surface area (Å²) in [6.45, 7) is 2.86. The van der Waals surface area contributed by atoms with Gasteiger partial charge in [0.2, 0.25) is 0 Å². The molecule has 1 aromatic heterocycles. The molecule has 2 aromatic rings. The lowest BCUT2D eigenvalue weighted by molar-refractivity contribution is 0.692. The fraction of sp³-hybridized carbons (Fsp3) is 0.308. The summed E-state index contributed by atoms with van der Waals surface area (Å²) in [5.41, 5.74) is 6.82. The Kier molecular flexibility index (Phi) is 3.42. The SMILES string of the molecule is CC(CCN)c1cnc(Cl)c2ccccc12. The second-order valence-corrected chi connectivity index (χ2v) is 4.39. The molecule has 0 bridgehead atoms. The lowest BCUT2D eigenvalue weighted by atomic mass is 9.95. The highest BCUT2D eigenvalue weighted by atomic mass is 35.5. The molecule has 0 amide bonds. The predicted octanol–water partition coefficient (Wildman–Crippen LogP) is 3.34. The number of hydrogen-bond donors (Lipinski definition) is 1. The third-order valence-electron chi connectivity index (χ3n) is 2.91. The molecule has 2 rings (SSSR count). The number of halogens is 1. The van der Waals surface area contributed by atoms with Crippen LogP contribution in [0.1, 0.15) is 24.8 Å². The molecule has 1 heterocycles. The molecule has 1 unspecified atom stereocenters. The van der Waals surface area contributed by atoms with E-state index in [1.165, 1.54) is 10.9 Å². The molecule has 2 N–H and O–H groups in total. The summed E-state index contributed by atoms with van der Waals surface area (Å²) in [6, 6.07) is 8.10. The van der Waals surface area contributed by atoms with Gasteiger partial charge in [-0.15, -0.1) is 0 Å². The van der Waals surface area contributed by atoms with E-state index in [-0.39, 0.29) is 0 Å². The lowest BCUT2D eigenvalue weighted by Gasteiger charge is -2.13. The Hall–Kier alpha value is -1.12. The summed E-state index contributed by atoms with van der Waals surface area (Å²) >= 11 is 6.07. The quantitative estimate of drug-likeness (QED) is 0.828. The van der Waals surface area contributed by atoms with Crippen molar-refractivity contribution in [3.8, 4) is 0 Å². The first-order valence-corrected chi connectivity index (χ1v) is 5.85. The van der Waals surface area contributed by atoms with Crippen LogP contribution < -0.4 is 5.73 Å². The molecule has 0 aliphatic rings. The number of nitrogens with zero attached hydrogens (tertiary/aromatic N) is 1. The molecule has 0 radical (unpaired) electrons. The van der Waals surface area contributed by atoms with Gasteiger partial charge in [-0.3, -0.25) is 0 Å². The van der Waals surface area contributed by atoms with Crippen molar-refractivity contribution in [2.75, 3.05) is 6.54 Å². The van der Waals surface area contributed by atoms with Gasteiger partial charge >= 0.3 is 0 Å². The summed E-state index contributed by atoms with van der Waals surface area (Å²) in [5.74, 6) is 0.416. The smallest absolute Gasteiger partial charge is 0.136 e. The van der Waals surface area contributed by atoms with Gasteiger partial charge in [0, 0.05) is 11.6 Å². The Labute approximate surface area is 100 Å². The number of aromatic nitrogens is 1. The van der Waals surface area contributed by atoms with Crippen LogP contribution in [0.15, 0.2) is 30.5 Å². The van der Waals surface area contributed by atoms with Crippen molar-refractivity contribution in [3.05, 3.63) is 41.2 Å². The molecule has 0 fully saturated rings. The summed E-state index contributed by atoms with van der Waals surface area (Å²) in [6.07, 6.45) is 2.83. The summed E-state index contributed by atoms with van der Waals surface area (Å²) in [4.78, 5) is 4.24. The summed E-state index contributed by atoms with van der Waals surface area (Å²) in [5, 5.41) is 2.77. The zero-order chi connectivity index (χ0) is 11.5. The van der Waals surface area contributed by atoms with Crippen LogP contribution in [0.2, 0.25) is 5.15 Å². The molecular weight excluding hydrogens is 220 g/mol. The highest BCUT2D eigenvalue weighted by Crippen LogP contribution is 2.29. The van der Waals surface area contributed by atoms with E-state index in [4.69, 9.17) is 17.3 Å². The normalized spacial score (nSPS) is 12.9. The lowest BCUT2D eigenvalue weighted by Crippen LogP contribution is -2.05. The van der Waals surface area contributed by atoms with Crippen LogP contribution in [-0.2, 0) is 0 Å². The number of benzene rings is 1. The summed E-state index contributed by atoms with van der Waals surface area (Å²) in [7, 11) is 0. The van der Waals surface area contributed by atoms with Gasteiger partial charge in [-0.2, -0.15) is 0 Å². The van der Waals surface area contributed by atoms with Crippen molar-refractivity contribution in [2.45, 2.75) is 19.3 Å². The number of pyridine rings is 1. The van der Waals surface area contributed by atoms with Crippen LogP contribution in [0.3, 0.4) is 0 Å². The maximum absolute atomic E-state index is 6.07. The van der Waals surface area contributed by atoms with Crippen LogP contribution in [0, 0.1) is 0 Å². The van der Waals surface area contributed by atoms with Crippen LogP contribution in [-0.4, -0.2) is 11.5 Å². The Balaban J connectivity index is 2.58. The molecule has 0 spiro atoms. The highest BCUT2D eigenvalue weighted by Gasteiger charge is 2.10. The first-order valence-electron chi connectivity index (χ1n) is 5.47. The molecule has 2 nitrogen and oxygen atoms in total. The van der Waals surface area contributed by atoms with Gasteiger partial charge in [0.05, 0.1) is 0 Å². The van der Waals surface area contributed by atoms with Gasteiger partial charge in [0.15, 0.2) is 0 Å². The molecule has 16 heavy (non-hydrogen) atoms. The van der Waals surface area contributed by atoms with Gasteiger partial charge in [0.1, 0.15) is 5.15 Å². The van der Waals surface area contributed by atoms with E-state index < -0.39 is 0 Å². The molecule has 3 heteroatoms. The monoisotopic (exact) mass is 234 g/mol. The highest BCUT2D eigenvalue weighted by molar-refractivity contribution is 6.34. The molecule has 84 valence electrons. The average Bonchev–Trinajstić information content (AvgIpc) is 2.30. The van der Waals surface area contributed by atoms with E-state index in [1.807, 2.05) is 24.4 Å². The minimum atomic E-state index is 0.416. The van der Waals surface area contributed by atoms with Crippen LogP contribution in [0.4, 0.5) is 0 Å². The largest absolute Gasteiger partial charge is 0.330 e. The molecular formula is C13H15ClN2. The number of hydrogen-bond acceptors (Lipinski definition) is 2. The van der Waals surface area contributed by atoms with E-state index in [2.05, 4.69) is 18.0 Å². The van der Waals surface area contributed by atoms with Crippen molar-refractivity contribution in [2.24, 2.45) is 5.73 Å². The molecule has 1 aromatic carbocycles. The van der Waals surface area contributed by atoms with Crippen LogP contribution in [0.5, 0.6) is 0 Å². The topological polar surface area (TPSA) is 38.9 Å². The Morgan fingerprint density at radius 2 is 2.00 bits per heavy atom. The van der Waals surface area contributed by atoms with Gasteiger partial charge in [-0.05, 0) is 29.8 Å². The second kappa shape index (κ2) is 4.81. The van der Waals surface area contributed by atoms with Gasteiger partial charge in [0.25, 0.3) is 0 Å². The zero-order valence-corrected chi connectivity index (χ0v) is 10.0. The van der Waals surface area contributed by atoms with Crippen molar-refractivity contribution < 1.29 is 0 Å². The van der Waals surface area contributed by atoms with E-state index in [0.29, 0.717) is 17.6 Å². The fourth-order valence-corrected chi connectivity index (χ4v) is 2.19. The van der Waals surface area contributed by atoms with Gasteiger partial charge in [-0.25, -0.2) is 4.98 Å². The average molecular weight is 235 g/mol. The van der Waals surface area contributed by atoms with E-state index >= 15 is 0 Å². The fourth-order valence-electron chi connectivity index (χ4n) is 1.98. The Morgan fingerprint density at radius 3 is 2.69 bits per heavy atom. The molecule has 0 saturated carbocycles. The maximum Gasteiger partial charge on any atom is 0.136 e. The first-order chi connectivity index (χ1) is 7.74. The minimum absolute atomic E-state index is 0.416. The number of rotatable bonds is 3. The standard InChI is InChI=1S/C13H15ClN2/c1-9(6-7-15)12-8-16-13(14)11-5-3-2-4-10(11)12/h2-5,8-9H,6-7,15H2,1H3. The maximum atomic E-state index is 6.07. The minimum Gasteiger partial charge on any atom is -0.330 e. The molecule has 0 saturated heterocycles. The van der Waals surface area contributed by atoms with Crippen molar-refractivity contribution in [1.29, 1.82) is 0 Å². The van der Waals surface area contributed by atoms with Gasteiger partial charge in [-0.1, -0.05) is 42.8 Å². The van der Waals surface area contributed by atoms with Crippen molar-refractivity contribution >= 4 is 22.4 Å². The van der Waals surface area contributed by atoms with Gasteiger partial charge < -0.3 is 5.73 Å². The molecule has 1 atom stereocenters. The Morgan fingerprint density at radius 1 is 1.31 bits per heavy atom. The summed E-state index contributed by atoms with van der Waals surface area (Å²) < 4.78 is 0. The third-order valence-corrected chi connectivity index (χ3v) is 3.21. The van der Waals surface area contributed by atoms with Crippen LogP contribution in [0.25, 0.3) is 10.8 Å². The Bertz CT molecular complexity index is 496. The first kappa shape index (κ1) is 11.4. The molecule has 0 aliphatic carbocycles. The third kappa shape index (κ3) is 2.04. The van der Waals surface area contributed by atoms with E-state index in [0.717, 1.165) is 11.8 Å². The van der Waals surface area contributed by atoms with Crippen molar-refractivity contribution in [3.63, 3.8) is 0 Å². The number of nitrogens with two attached hydrogens (primary N) is 1. The van der Waals surface area contributed by atoms with Crippen molar-refractivity contribution in [1.82, 2.24) is 4.98 Å². The van der Waals surface area contributed by atoms with E-state index in [1.54, 1.807) is 0 Å². The number of fused-ring (bicyclic) bond motifs is 1. The zero-order valence-electron chi connectivity index (χ0n) is 9.28. The molecule has 0 aliphatic heterocycles. The second-order valence-electron chi connectivity index (χ2n) is 4.03.